The van der Waals surface area contributed by atoms with Gasteiger partial charge in [-0.05, 0) is 30.7 Å². The van der Waals surface area contributed by atoms with Crippen LogP contribution < -0.4 is 15.4 Å². The smallest absolute Gasteiger partial charge is 0.406 e. The number of thioether (sulfide) groups is 1. The summed E-state index contributed by atoms with van der Waals surface area (Å²) in [7, 11) is 1.52. The topological polar surface area (TPSA) is 112 Å². The van der Waals surface area contributed by atoms with Gasteiger partial charge < -0.3 is 30.3 Å². The van der Waals surface area contributed by atoms with Gasteiger partial charge in [0.15, 0.2) is 5.17 Å². The molecule has 1 saturated carbocycles. The van der Waals surface area contributed by atoms with Crippen molar-refractivity contribution >= 4 is 28.5 Å². The molecule has 1 aliphatic heterocycles. The molecule has 0 aromatic heterocycles. The molecule has 2 aliphatic rings. The Hall–Kier alpha value is -2.02. The maximum absolute atomic E-state index is 12.5. The second-order valence-electron chi connectivity index (χ2n) is 6.89. The van der Waals surface area contributed by atoms with E-state index in [1.165, 1.54) is 31.0 Å². The minimum atomic E-state index is -4.77. The van der Waals surface area contributed by atoms with Crippen molar-refractivity contribution in [2.75, 3.05) is 25.6 Å². The lowest BCUT2D eigenvalue weighted by Crippen LogP contribution is -2.54. The summed E-state index contributed by atoms with van der Waals surface area (Å²) in [6.07, 6.45) is -6.88. The highest BCUT2D eigenvalue weighted by molar-refractivity contribution is 8.15. The number of carbonyl (C=O) groups excluding carboxylic acids is 1. The molecule has 1 heterocycles. The van der Waals surface area contributed by atoms with E-state index in [2.05, 4.69) is 20.4 Å². The van der Waals surface area contributed by atoms with Crippen molar-refractivity contribution in [3.05, 3.63) is 24.3 Å². The van der Waals surface area contributed by atoms with Gasteiger partial charge in [-0.1, -0.05) is 11.8 Å². The van der Waals surface area contributed by atoms with Crippen molar-refractivity contribution in [1.29, 1.82) is 0 Å². The van der Waals surface area contributed by atoms with Crippen molar-refractivity contribution in [1.82, 2.24) is 5.32 Å². The average molecular weight is 449 g/mol. The Labute approximate surface area is 174 Å². The normalized spacial score (nSPS) is 28.5. The number of amidine groups is 1. The van der Waals surface area contributed by atoms with Gasteiger partial charge in [-0.3, -0.25) is 9.79 Å². The second kappa shape index (κ2) is 9.41. The van der Waals surface area contributed by atoms with Crippen LogP contribution in [0, 0.1) is 5.92 Å². The maximum atomic E-state index is 12.5. The summed E-state index contributed by atoms with van der Waals surface area (Å²) in [4.78, 5) is 16.9. The lowest BCUT2D eigenvalue weighted by atomic mass is 9.81. The molecule has 1 aliphatic carbocycles. The number of aliphatic hydroxyl groups excluding tert-OH is 2. The Morgan fingerprint density at radius 3 is 2.63 bits per heavy atom. The molecule has 1 fully saturated rings. The van der Waals surface area contributed by atoms with Gasteiger partial charge in [0.05, 0.1) is 24.7 Å². The SMILES string of the molecule is COCCNC(=O)[C@H]1C[C@@H](O)[C@H](O)[C@@H]2N=C(Nc3ccc(OC(F)(F)F)cc3)S[C@@H]21. The lowest BCUT2D eigenvalue weighted by Gasteiger charge is -2.37. The molecule has 3 rings (SSSR count). The number of hydrogen-bond acceptors (Lipinski definition) is 8. The largest absolute Gasteiger partial charge is 0.573 e. The van der Waals surface area contributed by atoms with Crippen LogP contribution in [-0.4, -0.2) is 71.4 Å². The van der Waals surface area contributed by atoms with Crippen LogP contribution in [0.2, 0.25) is 0 Å². The average Bonchev–Trinajstić information content (AvgIpc) is 3.09. The molecule has 0 saturated heterocycles. The van der Waals surface area contributed by atoms with Crippen LogP contribution >= 0.6 is 11.8 Å². The first-order chi connectivity index (χ1) is 14.2. The van der Waals surface area contributed by atoms with E-state index in [4.69, 9.17) is 4.74 Å². The van der Waals surface area contributed by atoms with Gasteiger partial charge in [0.2, 0.25) is 5.91 Å². The van der Waals surface area contributed by atoms with E-state index in [1.54, 1.807) is 0 Å². The van der Waals surface area contributed by atoms with Crippen LogP contribution in [0.1, 0.15) is 6.42 Å². The van der Waals surface area contributed by atoms with Crippen molar-refractivity contribution in [3.8, 4) is 5.75 Å². The molecular weight excluding hydrogens is 427 g/mol. The Kier molecular flexibility index (Phi) is 7.11. The fourth-order valence-corrected chi connectivity index (χ4v) is 4.76. The lowest BCUT2D eigenvalue weighted by molar-refractivity contribution is -0.274. The molecule has 0 unspecified atom stereocenters. The molecule has 5 atom stereocenters. The van der Waals surface area contributed by atoms with Gasteiger partial charge in [0, 0.05) is 24.6 Å². The Bertz CT molecular complexity index is 777. The number of nitrogens with one attached hydrogen (secondary N) is 2. The van der Waals surface area contributed by atoms with Gasteiger partial charge in [-0.15, -0.1) is 13.2 Å². The molecule has 8 nitrogen and oxygen atoms in total. The fraction of sp³-hybridized carbons (Fsp3) is 0.556. The van der Waals surface area contributed by atoms with Crippen molar-refractivity contribution in [2.45, 2.75) is 36.3 Å². The number of alkyl halides is 3. The van der Waals surface area contributed by atoms with Gasteiger partial charge in [-0.25, -0.2) is 0 Å². The van der Waals surface area contributed by atoms with E-state index in [9.17, 15) is 28.2 Å². The summed E-state index contributed by atoms with van der Waals surface area (Å²) < 4.78 is 45.5. The third-order valence-electron chi connectivity index (χ3n) is 4.77. The number of carbonyl (C=O) groups is 1. The fourth-order valence-electron chi connectivity index (χ4n) is 3.38. The summed E-state index contributed by atoms with van der Waals surface area (Å²) in [6.45, 7) is 0.674. The molecule has 30 heavy (non-hydrogen) atoms. The summed E-state index contributed by atoms with van der Waals surface area (Å²) in [5.74, 6) is -1.18. The number of amides is 1. The summed E-state index contributed by atoms with van der Waals surface area (Å²) >= 11 is 1.25. The Balaban J connectivity index is 1.66. The number of aliphatic hydroxyl groups is 2. The summed E-state index contributed by atoms with van der Waals surface area (Å²) in [5.41, 5.74) is 0.463. The van der Waals surface area contributed by atoms with E-state index in [0.29, 0.717) is 24.0 Å². The molecular formula is C18H22F3N3O5S. The van der Waals surface area contributed by atoms with E-state index >= 15 is 0 Å². The van der Waals surface area contributed by atoms with Crippen molar-refractivity contribution in [2.24, 2.45) is 10.9 Å². The maximum Gasteiger partial charge on any atom is 0.573 e. The number of benzene rings is 1. The molecule has 0 radical (unpaired) electrons. The zero-order valence-corrected chi connectivity index (χ0v) is 16.7. The first kappa shape index (κ1) is 22.7. The monoisotopic (exact) mass is 449 g/mol. The zero-order chi connectivity index (χ0) is 21.9. The Morgan fingerprint density at radius 2 is 2.00 bits per heavy atom. The highest BCUT2D eigenvalue weighted by Gasteiger charge is 2.50. The molecule has 1 aromatic carbocycles. The van der Waals surface area contributed by atoms with E-state index in [-0.39, 0.29) is 23.3 Å². The van der Waals surface area contributed by atoms with Gasteiger partial charge in [-0.2, -0.15) is 0 Å². The number of aliphatic imine (C=N–C) groups is 1. The number of rotatable bonds is 6. The van der Waals surface area contributed by atoms with Crippen molar-refractivity contribution < 1.29 is 37.7 Å². The molecule has 166 valence electrons. The highest BCUT2D eigenvalue weighted by atomic mass is 32.2. The molecule has 4 N–H and O–H groups in total. The van der Waals surface area contributed by atoms with E-state index in [1.807, 2.05) is 0 Å². The number of hydrogen-bond donors (Lipinski definition) is 4. The highest BCUT2D eigenvalue weighted by Crippen LogP contribution is 2.41. The van der Waals surface area contributed by atoms with Crippen LogP contribution in [0.5, 0.6) is 5.75 Å². The minimum Gasteiger partial charge on any atom is -0.406 e. The number of nitrogens with zero attached hydrogens (tertiary/aromatic N) is 1. The number of ether oxygens (including phenoxy) is 2. The van der Waals surface area contributed by atoms with E-state index < -0.39 is 30.5 Å². The van der Waals surface area contributed by atoms with Gasteiger partial charge >= 0.3 is 6.36 Å². The molecule has 1 aromatic rings. The number of methoxy groups -OCH3 is 1. The van der Waals surface area contributed by atoms with Crippen LogP contribution in [0.15, 0.2) is 29.3 Å². The minimum absolute atomic E-state index is 0.0976. The summed E-state index contributed by atoms with van der Waals surface area (Å²) in [6, 6.07) is 4.42. The molecule has 1 amide bonds. The third kappa shape index (κ3) is 5.56. The van der Waals surface area contributed by atoms with Crippen LogP contribution in [0.25, 0.3) is 0 Å². The molecule has 0 bridgehead atoms. The summed E-state index contributed by atoms with van der Waals surface area (Å²) in [5, 5.41) is 26.2. The number of anilines is 1. The van der Waals surface area contributed by atoms with Crippen molar-refractivity contribution in [3.63, 3.8) is 0 Å². The molecule has 12 heteroatoms. The first-order valence-electron chi connectivity index (χ1n) is 9.18. The quantitative estimate of drug-likeness (QED) is 0.485. The first-order valence-corrected chi connectivity index (χ1v) is 10.1. The van der Waals surface area contributed by atoms with Crippen LogP contribution in [0.4, 0.5) is 18.9 Å². The van der Waals surface area contributed by atoms with Gasteiger partial charge in [0.1, 0.15) is 11.9 Å². The second-order valence-corrected chi connectivity index (χ2v) is 8.06. The van der Waals surface area contributed by atoms with Crippen LogP contribution in [-0.2, 0) is 9.53 Å². The Morgan fingerprint density at radius 1 is 1.30 bits per heavy atom. The number of halogens is 3. The predicted octanol–water partition coefficient (Wildman–Crippen LogP) is 1.34. The number of fused-ring (bicyclic) bond motifs is 1. The predicted molar refractivity (Wildman–Crippen MR) is 104 cm³/mol. The third-order valence-corrected chi connectivity index (χ3v) is 6.08. The zero-order valence-electron chi connectivity index (χ0n) is 15.9. The molecule has 0 spiro atoms. The van der Waals surface area contributed by atoms with Gasteiger partial charge in [0.25, 0.3) is 0 Å². The standard InChI is InChI=1S/C18H22F3N3O5S/c1-28-7-6-22-16(27)11-8-12(25)14(26)13-15(11)30-17(24-13)23-9-2-4-10(5-3-9)29-18(19,20)21/h2-5,11-15,25-26H,6-8H2,1H3,(H,22,27)(H,23,24)/t11-,12+,13-,14-,15+/m0/s1. The van der Waals surface area contributed by atoms with Crippen LogP contribution in [0.3, 0.4) is 0 Å². The van der Waals surface area contributed by atoms with E-state index in [0.717, 1.165) is 12.1 Å².